The van der Waals surface area contributed by atoms with E-state index in [9.17, 15) is 37.2 Å². The summed E-state index contributed by atoms with van der Waals surface area (Å²) < 4.78 is 23.3. The Hall–Kier alpha value is -7.85. The summed E-state index contributed by atoms with van der Waals surface area (Å²) in [6.07, 6.45) is 4.74. The lowest BCUT2D eigenvalue weighted by Crippen LogP contribution is -2.41. The maximum atomic E-state index is 13.4. The van der Waals surface area contributed by atoms with Crippen molar-refractivity contribution in [2.24, 2.45) is 0 Å². The summed E-state index contributed by atoms with van der Waals surface area (Å²) in [4.78, 5) is 88.6. The topological polar surface area (TPSA) is 219 Å². The molecule has 0 unspecified atom stereocenters. The smallest absolute Gasteiger partial charge is 0.256 e. The van der Waals surface area contributed by atoms with Gasteiger partial charge in [-0.2, -0.15) is 0 Å². The number of Topliss-reactive ketones (excluding diaryl/α,β-unsaturated/α-hetero) is 2. The van der Waals surface area contributed by atoms with Crippen molar-refractivity contribution in [3.63, 3.8) is 0 Å². The minimum Gasteiger partial charge on any atom is -0.399 e. The number of hydrogen-bond acceptors (Lipinski definition) is 11. The molecule has 2 aliphatic rings. The van der Waals surface area contributed by atoms with E-state index >= 15 is 0 Å². The molecule has 2 atom stereocenters. The van der Waals surface area contributed by atoms with Crippen LogP contribution in [0.1, 0.15) is 94.2 Å². The van der Waals surface area contributed by atoms with Crippen LogP contribution in [0.4, 0.5) is 17.3 Å². The molecule has 4 N–H and O–H groups in total. The van der Waals surface area contributed by atoms with Gasteiger partial charge in [-0.1, -0.05) is 48.5 Å². The zero-order valence-electron chi connectivity index (χ0n) is 38.3. The van der Waals surface area contributed by atoms with Crippen LogP contribution in [0.15, 0.2) is 122 Å². The average Bonchev–Trinajstić information content (AvgIpc) is 3.44. The van der Waals surface area contributed by atoms with Crippen molar-refractivity contribution in [2.45, 2.75) is 71.5 Å². The molecule has 16 heteroatoms. The number of hydrogen-bond donors (Lipinski definition) is 3. The Morgan fingerprint density at radius 1 is 0.603 bits per heavy atom. The molecule has 0 saturated carbocycles. The summed E-state index contributed by atoms with van der Waals surface area (Å²) in [7, 11) is -3.24. The van der Waals surface area contributed by atoms with E-state index in [0.29, 0.717) is 56.3 Å². The number of aromatic nitrogens is 2. The van der Waals surface area contributed by atoms with Crippen LogP contribution in [0.5, 0.6) is 0 Å². The van der Waals surface area contributed by atoms with Crippen LogP contribution in [0, 0.1) is 13.8 Å². The summed E-state index contributed by atoms with van der Waals surface area (Å²) >= 11 is 0. The first-order valence-corrected chi connectivity index (χ1v) is 23.9. The molecular weight excluding hydrogens is 883 g/mol. The summed E-state index contributed by atoms with van der Waals surface area (Å²) in [5.41, 5.74) is 13.5. The van der Waals surface area contributed by atoms with Crippen molar-refractivity contribution in [2.75, 3.05) is 22.6 Å². The Labute approximate surface area is 394 Å². The van der Waals surface area contributed by atoms with Gasteiger partial charge in [0.05, 0.1) is 17.8 Å². The number of nitrogens with two attached hydrogens (primary N) is 1. The molecule has 6 aromatic rings. The number of nitrogen functional groups attached to an aromatic ring is 1. The number of carbonyl (C=O) groups is 6. The second kappa shape index (κ2) is 20.3. The van der Waals surface area contributed by atoms with Gasteiger partial charge in [0.25, 0.3) is 23.6 Å². The van der Waals surface area contributed by atoms with Crippen LogP contribution in [0.2, 0.25) is 0 Å². The zero-order chi connectivity index (χ0) is 48.9. The molecule has 2 aliphatic heterocycles. The fraction of sp³-hybridized carbons (Fsp3) is 0.231. The van der Waals surface area contributed by atoms with Crippen LogP contribution in [0.25, 0.3) is 0 Å². The van der Waals surface area contributed by atoms with Gasteiger partial charge in [0.2, 0.25) is 0 Å². The van der Waals surface area contributed by atoms with Gasteiger partial charge < -0.3 is 26.2 Å². The van der Waals surface area contributed by atoms with Gasteiger partial charge in [-0.15, -0.1) is 0 Å². The number of amides is 4. The Bertz CT molecular complexity index is 3030. The summed E-state index contributed by atoms with van der Waals surface area (Å²) in [6.45, 7) is 7.73. The predicted octanol–water partition coefficient (Wildman–Crippen LogP) is 6.72. The standard InChI is InChI=1S/C27H27N3O5S.C25H24N4O3/c1-17-4-11-25(28-14-17)29-26(32)21-8-5-19(6-9-21)15-30-18(2)24(31)13-22-12-20(16-36(3,34)35)7-10-23(22)27(30)33;1-15-3-10-23(27-13-15)28-24(31)18-6-4-17(5-7-18)14-29-16(2)22(30)12-19-11-20(26)8-9-21(19)25(29)32/h4-12,14,18H,13,15-16H2,1-3H3,(H,28,29,32);3-11,13,16H,12,14,26H2,1-2H3,(H,27,28,31)/t18-;16-/m11/s1. The quantitative estimate of drug-likeness (QED) is 0.122. The van der Waals surface area contributed by atoms with Crippen molar-refractivity contribution in [1.29, 1.82) is 0 Å². The van der Waals surface area contributed by atoms with E-state index in [1.54, 1.807) is 128 Å². The van der Waals surface area contributed by atoms with Gasteiger partial charge in [0.1, 0.15) is 11.6 Å². The van der Waals surface area contributed by atoms with Crippen LogP contribution < -0.4 is 16.4 Å². The van der Waals surface area contributed by atoms with Gasteiger partial charge >= 0.3 is 0 Å². The normalized spacial score (nSPS) is 15.8. The molecule has 0 radical (unpaired) electrons. The average molecular weight is 934 g/mol. The third-order valence-electron chi connectivity index (χ3n) is 11.8. The highest BCUT2D eigenvalue weighted by Crippen LogP contribution is 2.27. The number of nitrogens with zero attached hydrogens (tertiary/aromatic N) is 4. The van der Waals surface area contributed by atoms with E-state index in [4.69, 9.17) is 5.73 Å². The highest BCUT2D eigenvalue weighted by Gasteiger charge is 2.34. The molecule has 68 heavy (non-hydrogen) atoms. The van der Waals surface area contributed by atoms with Gasteiger partial charge in [-0.05, 0) is 127 Å². The summed E-state index contributed by atoms with van der Waals surface area (Å²) in [5.74, 6) is -0.444. The molecule has 8 rings (SSSR count). The van der Waals surface area contributed by atoms with Crippen molar-refractivity contribution in [1.82, 2.24) is 19.8 Å². The van der Waals surface area contributed by atoms with E-state index in [0.717, 1.165) is 28.5 Å². The molecule has 4 aromatic carbocycles. The minimum atomic E-state index is -3.24. The van der Waals surface area contributed by atoms with Crippen molar-refractivity contribution < 1.29 is 37.2 Å². The Kier molecular flexibility index (Phi) is 14.4. The first-order chi connectivity index (χ1) is 32.3. The maximum Gasteiger partial charge on any atom is 0.256 e. The third-order valence-corrected chi connectivity index (χ3v) is 12.6. The van der Waals surface area contributed by atoms with E-state index in [1.165, 1.54) is 4.90 Å². The molecule has 0 aliphatic carbocycles. The number of aryl methyl sites for hydroxylation is 2. The fourth-order valence-corrected chi connectivity index (χ4v) is 8.62. The van der Waals surface area contributed by atoms with Gasteiger partial charge in [-0.25, -0.2) is 18.4 Å². The number of rotatable bonds is 10. The molecule has 15 nitrogen and oxygen atoms in total. The Morgan fingerprint density at radius 3 is 1.43 bits per heavy atom. The summed E-state index contributed by atoms with van der Waals surface area (Å²) in [6, 6.07) is 29.7. The lowest BCUT2D eigenvalue weighted by Gasteiger charge is -2.26. The van der Waals surface area contributed by atoms with Crippen molar-refractivity contribution >= 4 is 62.4 Å². The highest BCUT2D eigenvalue weighted by atomic mass is 32.2. The number of benzene rings is 4. The first-order valence-electron chi connectivity index (χ1n) is 21.8. The Balaban J connectivity index is 0.000000203. The molecule has 4 heterocycles. The monoisotopic (exact) mass is 933 g/mol. The number of nitrogens with one attached hydrogen (secondary N) is 2. The van der Waals surface area contributed by atoms with Crippen molar-refractivity contribution in [3.8, 4) is 0 Å². The Morgan fingerprint density at radius 2 is 1.01 bits per heavy atom. The molecule has 4 amide bonds. The van der Waals surface area contributed by atoms with Crippen molar-refractivity contribution in [3.05, 3.63) is 183 Å². The van der Waals surface area contributed by atoms with Gasteiger partial charge in [0.15, 0.2) is 21.4 Å². The molecular formula is C52H51N7O8S. The van der Waals surface area contributed by atoms with Gasteiger partial charge in [-0.3, -0.25) is 28.8 Å². The number of anilines is 3. The maximum absolute atomic E-state index is 13.4. The molecule has 0 saturated heterocycles. The van der Waals surface area contributed by atoms with Crippen LogP contribution in [-0.4, -0.2) is 81.7 Å². The number of sulfone groups is 1. The largest absolute Gasteiger partial charge is 0.399 e. The molecule has 0 fully saturated rings. The minimum absolute atomic E-state index is 0.0377. The summed E-state index contributed by atoms with van der Waals surface area (Å²) in [5, 5.41) is 5.51. The van der Waals surface area contributed by atoms with Crippen LogP contribution in [-0.2, 0) is 51.1 Å². The first kappa shape index (κ1) is 48.1. The van der Waals surface area contributed by atoms with E-state index in [-0.39, 0.29) is 66.9 Å². The molecule has 0 spiro atoms. The van der Waals surface area contributed by atoms with E-state index < -0.39 is 21.9 Å². The highest BCUT2D eigenvalue weighted by molar-refractivity contribution is 7.89. The number of pyridine rings is 2. The second-order valence-corrected chi connectivity index (χ2v) is 19.4. The second-order valence-electron chi connectivity index (χ2n) is 17.2. The predicted molar refractivity (Wildman–Crippen MR) is 259 cm³/mol. The fourth-order valence-electron chi connectivity index (χ4n) is 7.84. The zero-order valence-corrected chi connectivity index (χ0v) is 39.1. The SMILES string of the molecule is Cc1ccc(NC(=O)c2ccc(CN3C(=O)c4ccc(CS(C)(=O)=O)cc4CC(=O)[C@H]3C)cc2)nc1.Cc1ccc(NC(=O)c2ccc(CN3C(=O)c4ccc(N)cc4CC(=O)[C@H]3C)cc2)nc1. The number of ketones is 2. The lowest BCUT2D eigenvalue weighted by atomic mass is 10.00. The molecule has 0 bridgehead atoms. The number of carbonyl (C=O) groups excluding carboxylic acids is 6. The van der Waals surface area contributed by atoms with Gasteiger partial charge in [0, 0.05) is 72.5 Å². The van der Waals surface area contributed by atoms with Crippen LogP contribution >= 0.6 is 0 Å². The van der Waals surface area contributed by atoms with E-state index in [1.807, 2.05) is 26.0 Å². The third kappa shape index (κ3) is 11.7. The van der Waals surface area contributed by atoms with E-state index in [2.05, 4.69) is 20.6 Å². The lowest BCUT2D eigenvalue weighted by molar-refractivity contribution is -0.123. The van der Waals surface area contributed by atoms with Crippen LogP contribution in [0.3, 0.4) is 0 Å². The number of fused-ring (bicyclic) bond motifs is 2. The molecule has 348 valence electrons. The molecule has 2 aromatic heterocycles.